The summed E-state index contributed by atoms with van der Waals surface area (Å²) < 4.78 is 38.9. The topological polar surface area (TPSA) is 44.5 Å². The smallest absolute Gasteiger partial charge is 0.399 e. The van der Waals surface area contributed by atoms with Crippen molar-refractivity contribution in [2.24, 2.45) is 0 Å². The average molecular weight is 302 g/mol. The molecule has 0 spiro atoms. The van der Waals surface area contributed by atoms with E-state index < -0.39 is 11.7 Å². The van der Waals surface area contributed by atoms with Gasteiger partial charge >= 0.3 is 6.18 Å². The third-order valence-electron chi connectivity index (χ3n) is 3.59. The number of benzene rings is 1. The molecule has 0 radical (unpaired) electrons. The Kier molecular flexibility index (Phi) is 4.75. The molecule has 1 heterocycles. The van der Waals surface area contributed by atoms with Crippen LogP contribution in [0.2, 0.25) is 0 Å². The van der Waals surface area contributed by atoms with Crippen LogP contribution in [0.5, 0.6) is 0 Å². The maximum Gasteiger partial charge on any atom is 0.416 e. The summed E-state index contributed by atoms with van der Waals surface area (Å²) in [7, 11) is 3.73. The monoisotopic (exact) mass is 302 g/mol. The zero-order chi connectivity index (χ0) is 15.6. The van der Waals surface area contributed by atoms with Crippen LogP contribution in [-0.4, -0.2) is 50.1 Å². The zero-order valence-corrected chi connectivity index (χ0v) is 12.2. The van der Waals surface area contributed by atoms with E-state index in [1.165, 1.54) is 6.07 Å². The van der Waals surface area contributed by atoms with Crippen LogP contribution in [0.15, 0.2) is 18.2 Å². The Morgan fingerprint density at radius 3 is 2.33 bits per heavy atom. The molecule has 1 aliphatic rings. The van der Waals surface area contributed by atoms with Gasteiger partial charge < -0.3 is 11.1 Å². The van der Waals surface area contributed by atoms with Gasteiger partial charge in [0.25, 0.3) is 0 Å². The first-order valence-corrected chi connectivity index (χ1v) is 6.88. The molecule has 1 atom stereocenters. The van der Waals surface area contributed by atoms with Crippen molar-refractivity contribution in [3.05, 3.63) is 29.3 Å². The van der Waals surface area contributed by atoms with Gasteiger partial charge in [-0.3, -0.25) is 9.80 Å². The van der Waals surface area contributed by atoms with Gasteiger partial charge in [-0.1, -0.05) is 0 Å². The molecule has 0 bridgehead atoms. The van der Waals surface area contributed by atoms with E-state index in [4.69, 9.17) is 5.73 Å². The van der Waals surface area contributed by atoms with Crippen molar-refractivity contribution >= 4 is 5.69 Å². The lowest BCUT2D eigenvalue weighted by molar-refractivity contribution is -0.137. The highest BCUT2D eigenvalue weighted by atomic mass is 19.4. The number of hydrogen-bond acceptors (Lipinski definition) is 4. The van der Waals surface area contributed by atoms with Crippen LogP contribution in [-0.2, 0) is 6.18 Å². The van der Waals surface area contributed by atoms with Crippen molar-refractivity contribution in [3.63, 3.8) is 0 Å². The molecule has 1 aliphatic heterocycles. The molecule has 1 aromatic rings. The molecule has 0 amide bonds. The number of halogens is 3. The van der Waals surface area contributed by atoms with Crippen LogP contribution in [0.1, 0.15) is 17.3 Å². The fourth-order valence-electron chi connectivity index (χ4n) is 2.75. The molecular weight excluding hydrogens is 281 g/mol. The fraction of sp³-hybridized carbons (Fsp3) is 0.571. The molecule has 1 fully saturated rings. The van der Waals surface area contributed by atoms with E-state index in [2.05, 4.69) is 10.2 Å². The van der Waals surface area contributed by atoms with Gasteiger partial charge in [-0.25, -0.2) is 0 Å². The van der Waals surface area contributed by atoms with Gasteiger partial charge in [-0.05, 0) is 37.9 Å². The standard InChI is InChI=1S/C14H21F3N4/c1-20(2)13(21-5-3-19-4-6-21)10-7-11(14(15,16)17)9-12(18)8-10/h7-9,13,19H,3-6,18H2,1-2H3. The van der Waals surface area contributed by atoms with E-state index in [9.17, 15) is 13.2 Å². The summed E-state index contributed by atoms with van der Waals surface area (Å²) in [5, 5.41) is 3.24. The summed E-state index contributed by atoms with van der Waals surface area (Å²) in [6.45, 7) is 3.25. The number of nitrogens with zero attached hydrogens (tertiary/aromatic N) is 2. The highest BCUT2D eigenvalue weighted by Crippen LogP contribution is 2.34. The third-order valence-corrected chi connectivity index (χ3v) is 3.59. The zero-order valence-electron chi connectivity index (χ0n) is 12.2. The van der Waals surface area contributed by atoms with Crippen LogP contribution in [0.4, 0.5) is 18.9 Å². The first kappa shape index (κ1) is 16.1. The van der Waals surface area contributed by atoms with Gasteiger partial charge in [0.2, 0.25) is 0 Å². The van der Waals surface area contributed by atoms with Crippen LogP contribution in [0, 0.1) is 0 Å². The molecule has 2 rings (SSSR count). The summed E-state index contributed by atoms with van der Waals surface area (Å²) in [5.41, 5.74) is 5.70. The summed E-state index contributed by atoms with van der Waals surface area (Å²) in [5.74, 6) is 0. The summed E-state index contributed by atoms with van der Waals surface area (Å²) in [6.07, 6.45) is -4.60. The van der Waals surface area contributed by atoms with Gasteiger partial charge in [0, 0.05) is 31.9 Å². The molecule has 7 heteroatoms. The molecule has 21 heavy (non-hydrogen) atoms. The number of nitrogen functional groups attached to an aromatic ring is 1. The van der Waals surface area contributed by atoms with Gasteiger partial charge in [-0.15, -0.1) is 0 Å². The highest BCUT2D eigenvalue weighted by Gasteiger charge is 2.33. The Balaban J connectivity index is 2.38. The maximum absolute atomic E-state index is 13.0. The molecule has 3 N–H and O–H groups in total. The van der Waals surface area contributed by atoms with Crippen molar-refractivity contribution < 1.29 is 13.2 Å². The number of alkyl halides is 3. The maximum atomic E-state index is 13.0. The van der Waals surface area contributed by atoms with Gasteiger partial charge in [-0.2, -0.15) is 13.2 Å². The number of rotatable bonds is 3. The third kappa shape index (κ3) is 3.87. The molecule has 1 saturated heterocycles. The van der Waals surface area contributed by atoms with Gasteiger partial charge in [0.05, 0.1) is 11.7 Å². The minimum Gasteiger partial charge on any atom is -0.399 e. The Hall–Kier alpha value is -1.31. The van der Waals surface area contributed by atoms with E-state index in [1.54, 1.807) is 6.07 Å². The van der Waals surface area contributed by atoms with Crippen LogP contribution < -0.4 is 11.1 Å². The van der Waals surface area contributed by atoms with E-state index in [0.717, 1.165) is 32.2 Å². The molecule has 0 aliphatic carbocycles. The lowest BCUT2D eigenvalue weighted by Gasteiger charge is -2.39. The minimum atomic E-state index is -4.38. The number of nitrogens with one attached hydrogen (secondary N) is 1. The second-order valence-electron chi connectivity index (χ2n) is 5.51. The van der Waals surface area contributed by atoms with Crippen molar-refractivity contribution in [1.82, 2.24) is 15.1 Å². The first-order chi connectivity index (χ1) is 9.79. The molecule has 1 unspecified atom stereocenters. The van der Waals surface area contributed by atoms with E-state index in [1.807, 2.05) is 19.0 Å². The average Bonchev–Trinajstić information content (AvgIpc) is 2.38. The number of piperazine rings is 1. The molecule has 118 valence electrons. The molecular formula is C14H21F3N4. The molecule has 1 aromatic carbocycles. The predicted octanol–water partition coefficient (Wildman–Crippen LogP) is 1.75. The number of hydrogen-bond donors (Lipinski definition) is 2. The summed E-state index contributed by atoms with van der Waals surface area (Å²) in [4.78, 5) is 4.08. The quantitative estimate of drug-likeness (QED) is 0.835. The van der Waals surface area contributed by atoms with Crippen molar-refractivity contribution in [2.45, 2.75) is 12.3 Å². The lowest BCUT2D eigenvalue weighted by atomic mass is 10.0. The molecule has 0 aromatic heterocycles. The van der Waals surface area contributed by atoms with Crippen LogP contribution >= 0.6 is 0 Å². The van der Waals surface area contributed by atoms with E-state index in [0.29, 0.717) is 5.56 Å². The fourth-order valence-corrected chi connectivity index (χ4v) is 2.75. The van der Waals surface area contributed by atoms with Crippen LogP contribution in [0.25, 0.3) is 0 Å². The second kappa shape index (κ2) is 6.21. The van der Waals surface area contributed by atoms with Crippen molar-refractivity contribution in [2.75, 3.05) is 46.0 Å². The first-order valence-electron chi connectivity index (χ1n) is 6.88. The number of nitrogens with two attached hydrogens (primary N) is 1. The molecule has 0 saturated carbocycles. The minimum absolute atomic E-state index is 0.141. The number of anilines is 1. The van der Waals surface area contributed by atoms with E-state index in [-0.39, 0.29) is 11.9 Å². The second-order valence-corrected chi connectivity index (χ2v) is 5.51. The van der Waals surface area contributed by atoms with E-state index >= 15 is 0 Å². The Bertz CT molecular complexity index is 482. The SMILES string of the molecule is CN(C)C(c1cc(N)cc(C(F)(F)F)c1)N1CCNCC1. The Morgan fingerprint density at radius 2 is 1.81 bits per heavy atom. The lowest BCUT2D eigenvalue weighted by Crippen LogP contribution is -2.48. The Labute approximate surface area is 122 Å². The summed E-state index contributed by atoms with van der Waals surface area (Å²) in [6, 6.07) is 3.80. The Morgan fingerprint density at radius 1 is 1.19 bits per heavy atom. The van der Waals surface area contributed by atoms with Crippen molar-refractivity contribution in [1.29, 1.82) is 0 Å². The molecule has 4 nitrogen and oxygen atoms in total. The largest absolute Gasteiger partial charge is 0.416 e. The van der Waals surface area contributed by atoms with Gasteiger partial charge in [0.15, 0.2) is 0 Å². The predicted molar refractivity (Wildman–Crippen MR) is 76.7 cm³/mol. The van der Waals surface area contributed by atoms with Gasteiger partial charge in [0.1, 0.15) is 0 Å². The summed E-state index contributed by atoms with van der Waals surface area (Å²) >= 11 is 0. The normalized spacial score (nSPS) is 19.0. The highest BCUT2D eigenvalue weighted by molar-refractivity contribution is 5.46. The van der Waals surface area contributed by atoms with Crippen LogP contribution in [0.3, 0.4) is 0 Å². The van der Waals surface area contributed by atoms with Crippen molar-refractivity contribution in [3.8, 4) is 0 Å².